The van der Waals surface area contributed by atoms with Crippen molar-refractivity contribution < 1.29 is 22.7 Å². The van der Waals surface area contributed by atoms with E-state index in [0.717, 1.165) is 12.8 Å². The maximum Gasteiger partial charge on any atom is 0.290 e. The topological polar surface area (TPSA) is 126 Å². The number of nitrogens with zero attached hydrogens (tertiary/aromatic N) is 3. The fraction of sp³-hybridized carbons (Fsp3) is 0.533. The van der Waals surface area contributed by atoms with Crippen LogP contribution in [0.4, 0.5) is 0 Å². The quantitative estimate of drug-likeness (QED) is 0.779. The lowest BCUT2D eigenvalue weighted by molar-refractivity contribution is -0.122. The molecular weight excluding hydrogens is 348 g/mol. The fourth-order valence-corrected chi connectivity index (χ4v) is 3.62. The SMILES string of the molecule is CC1(C)CCN(S(=O)(=O)NCc2nc3ncccc3o2)CC1.O=CO. The van der Waals surface area contributed by atoms with Crippen LogP contribution in [0.2, 0.25) is 0 Å². The second kappa shape index (κ2) is 7.89. The maximum absolute atomic E-state index is 12.3. The molecule has 0 unspecified atom stereocenters. The Morgan fingerprint density at radius 3 is 2.64 bits per heavy atom. The zero-order chi connectivity index (χ0) is 18.5. The Morgan fingerprint density at radius 2 is 2.04 bits per heavy atom. The molecule has 1 aliphatic heterocycles. The van der Waals surface area contributed by atoms with Gasteiger partial charge in [0.05, 0.1) is 6.54 Å². The van der Waals surface area contributed by atoms with Gasteiger partial charge in [-0.15, -0.1) is 0 Å². The highest BCUT2D eigenvalue weighted by molar-refractivity contribution is 7.87. The Morgan fingerprint density at radius 1 is 1.40 bits per heavy atom. The lowest BCUT2D eigenvalue weighted by atomic mass is 9.83. The zero-order valence-corrected chi connectivity index (χ0v) is 15.0. The number of carbonyl (C=O) groups is 1. The fourth-order valence-electron chi connectivity index (χ4n) is 2.47. The van der Waals surface area contributed by atoms with Crippen molar-refractivity contribution in [3.05, 3.63) is 24.2 Å². The molecule has 1 aliphatic rings. The van der Waals surface area contributed by atoms with Crippen LogP contribution in [0.15, 0.2) is 22.7 Å². The van der Waals surface area contributed by atoms with Gasteiger partial charge in [0.1, 0.15) is 0 Å². The van der Waals surface area contributed by atoms with E-state index in [2.05, 4.69) is 28.5 Å². The molecule has 0 spiro atoms. The molecule has 9 nitrogen and oxygen atoms in total. The third kappa shape index (κ3) is 5.21. The summed E-state index contributed by atoms with van der Waals surface area (Å²) in [7, 11) is -3.51. The van der Waals surface area contributed by atoms with Gasteiger partial charge in [-0.2, -0.15) is 22.4 Å². The Balaban J connectivity index is 0.000000701. The predicted molar refractivity (Wildman–Crippen MR) is 90.8 cm³/mol. The first-order valence-electron chi connectivity index (χ1n) is 7.80. The molecule has 3 rings (SSSR count). The zero-order valence-electron chi connectivity index (χ0n) is 14.2. The standard InChI is InChI=1S/C14H20N4O3S.CH2O2/c1-14(2)5-8-18(9-6-14)22(19,20)16-10-12-17-13-11(21-12)4-3-7-15-13;2-1-3/h3-4,7,16H,5-6,8-10H2,1-2H3;1H,(H,2,3). The number of fused-ring (bicyclic) bond motifs is 1. The van der Waals surface area contributed by atoms with Crippen LogP contribution in [0.25, 0.3) is 11.2 Å². The molecule has 0 aliphatic carbocycles. The van der Waals surface area contributed by atoms with E-state index in [-0.39, 0.29) is 18.4 Å². The van der Waals surface area contributed by atoms with Crippen molar-refractivity contribution in [2.45, 2.75) is 33.2 Å². The molecular formula is C15H22N4O5S. The van der Waals surface area contributed by atoms with Crippen LogP contribution in [0.5, 0.6) is 0 Å². The van der Waals surface area contributed by atoms with E-state index in [1.54, 1.807) is 18.3 Å². The van der Waals surface area contributed by atoms with Crippen molar-refractivity contribution in [2.75, 3.05) is 13.1 Å². The van der Waals surface area contributed by atoms with E-state index in [1.165, 1.54) is 4.31 Å². The summed E-state index contributed by atoms with van der Waals surface area (Å²) in [4.78, 5) is 16.6. The smallest absolute Gasteiger partial charge is 0.290 e. The average molecular weight is 370 g/mol. The molecule has 0 aromatic carbocycles. The van der Waals surface area contributed by atoms with Crippen molar-refractivity contribution in [3.63, 3.8) is 0 Å². The van der Waals surface area contributed by atoms with Crippen molar-refractivity contribution in [1.29, 1.82) is 0 Å². The molecule has 1 saturated heterocycles. The number of hydrogen-bond donors (Lipinski definition) is 2. The molecule has 0 atom stereocenters. The van der Waals surface area contributed by atoms with Gasteiger partial charge in [0, 0.05) is 19.3 Å². The molecule has 0 amide bonds. The van der Waals surface area contributed by atoms with E-state index < -0.39 is 10.2 Å². The van der Waals surface area contributed by atoms with Crippen LogP contribution in [0.1, 0.15) is 32.6 Å². The van der Waals surface area contributed by atoms with Gasteiger partial charge in [0.15, 0.2) is 11.2 Å². The summed E-state index contributed by atoms with van der Waals surface area (Å²) in [5.74, 6) is 0.314. The summed E-state index contributed by atoms with van der Waals surface area (Å²) in [5, 5.41) is 6.89. The molecule has 0 saturated carbocycles. The Bertz CT molecular complexity index is 775. The van der Waals surface area contributed by atoms with Crippen molar-refractivity contribution in [1.82, 2.24) is 19.0 Å². The Kier molecular flexibility index (Phi) is 6.09. The van der Waals surface area contributed by atoms with Gasteiger partial charge in [-0.05, 0) is 30.4 Å². The lowest BCUT2D eigenvalue weighted by Crippen LogP contribution is -2.46. The van der Waals surface area contributed by atoms with Crippen LogP contribution in [-0.4, -0.2) is 47.4 Å². The summed E-state index contributed by atoms with van der Waals surface area (Å²) in [6, 6.07) is 3.50. The maximum atomic E-state index is 12.3. The number of hydrogen-bond acceptors (Lipinski definition) is 6. The summed E-state index contributed by atoms with van der Waals surface area (Å²) < 4.78 is 34.1. The lowest BCUT2D eigenvalue weighted by Gasteiger charge is -2.35. The molecule has 2 N–H and O–H groups in total. The number of pyridine rings is 1. The highest BCUT2D eigenvalue weighted by Crippen LogP contribution is 2.30. The number of oxazole rings is 1. The molecule has 3 heterocycles. The summed E-state index contributed by atoms with van der Waals surface area (Å²) in [6.45, 7) is 5.18. The predicted octanol–water partition coefficient (Wildman–Crippen LogP) is 1.38. The van der Waals surface area contributed by atoms with Gasteiger partial charge in [0.2, 0.25) is 5.89 Å². The second-order valence-corrected chi connectivity index (χ2v) is 8.18. The van der Waals surface area contributed by atoms with Gasteiger partial charge in [-0.25, -0.2) is 4.98 Å². The summed E-state index contributed by atoms with van der Waals surface area (Å²) in [5.41, 5.74) is 1.24. The van der Waals surface area contributed by atoms with Crippen molar-refractivity contribution in [3.8, 4) is 0 Å². The Hall–Kier alpha value is -2.04. The average Bonchev–Trinajstić information content (AvgIpc) is 2.96. The number of piperidine rings is 1. The third-order valence-electron chi connectivity index (χ3n) is 4.03. The van der Waals surface area contributed by atoms with Crippen molar-refractivity contribution >= 4 is 27.9 Å². The van der Waals surface area contributed by atoms with Crippen LogP contribution >= 0.6 is 0 Å². The molecule has 1 fully saturated rings. The molecule has 2 aromatic rings. The first kappa shape index (κ1) is 19.3. The first-order chi connectivity index (χ1) is 11.8. The van der Waals surface area contributed by atoms with E-state index in [0.29, 0.717) is 30.2 Å². The third-order valence-corrected chi connectivity index (χ3v) is 5.59. The Labute approximate surface area is 146 Å². The minimum absolute atomic E-state index is 0.0264. The molecule has 25 heavy (non-hydrogen) atoms. The van der Waals surface area contributed by atoms with Gasteiger partial charge in [0.25, 0.3) is 16.7 Å². The molecule has 138 valence electrons. The van der Waals surface area contributed by atoms with Gasteiger partial charge >= 0.3 is 0 Å². The van der Waals surface area contributed by atoms with Gasteiger partial charge in [-0.1, -0.05) is 13.8 Å². The molecule has 2 aromatic heterocycles. The number of aromatic nitrogens is 2. The van der Waals surface area contributed by atoms with E-state index in [4.69, 9.17) is 14.3 Å². The van der Waals surface area contributed by atoms with Crippen LogP contribution in [-0.2, 0) is 21.5 Å². The molecule has 10 heteroatoms. The number of nitrogens with one attached hydrogen (secondary N) is 1. The normalized spacial score (nSPS) is 17.7. The molecule has 0 bridgehead atoms. The monoisotopic (exact) mass is 370 g/mol. The van der Waals surface area contributed by atoms with Gasteiger partial charge < -0.3 is 9.52 Å². The summed E-state index contributed by atoms with van der Waals surface area (Å²) >= 11 is 0. The minimum atomic E-state index is -3.51. The first-order valence-corrected chi connectivity index (χ1v) is 9.24. The summed E-state index contributed by atoms with van der Waals surface area (Å²) in [6.07, 6.45) is 3.34. The minimum Gasteiger partial charge on any atom is -0.483 e. The second-order valence-electron chi connectivity index (χ2n) is 6.43. The van der Waals surface area contributed by atoms with E-state index in [1.807, 2.05) is 0 Å². The van der Waals surface area contributed by atoms with Crippen LogP contribution < -0.4 is 4.72 Å². The molecule has 0 radical (unpaired) electrons. The van der Waals surface area contributed by atoms with E-state index >= 15 is 0 Å². The van der Waals surface area contributed by atoms with Crippen LogP contribution in [0, 0.1) is 5.41 Å². The highest BCUT2D eigenvalue weighted by atomic mass is 32.2. The van der Waals surface area contributed by atoms with E-state index in [9.17, 15) is 8.42 Å². The number of rotatable bonds is 4. The van der Waals surface area contributed by atoms with Crippen LogP contribution in [0.3, 0.4) is 0 Å². The highest BCUT2D eigenvalue weighted by Gasteiger charge is 2.31. The number of carboxylic acid groups (broad SMARTS) is 1. The largest absolute Gasteiger partial charge is 0.483 e. The van der Waals surface area contributed by atoms with Crippen molar-refractivity contribution in [2.24, 2.45) is 5.41 Å². The van der Waals surface area contributed by atoms with Gasteiger partial charge in [-0.3, -0.25) is 4.79 Å².